The third-order valence-corrected chi connectivity index (χ3v) is 5.20. The van der Waals surface area contributed by atoms with Crippen LogP contribution in [0, 0.1) is 11.2 Å². The number of halogens is 3. The highest BCUT2D eigenvalue weighted by atomic mass is 79.9. The smallest absolute Gasteiger partial charge is 0.126 e. The van der Waals surface area contributed by atoms with E-state index in [0.29, 0.717) is 0 Å². The number of rotatable bonds is 3. The van der Waals surface area contributed by atoms with E-state index in [4.69, 9.17) is 0 Å². The van der Waals surface area contributed by atoms with Crippen molar-refractivity contribution in [2.24, 2.45) is 5.41 Å². The maximum Gasteiger partial charge on any atom is 0.126 e. The van der Waals surface area contributed by atoms with Gasteiger partial charge in [0.25, 0.3) is 0 Å². The van der Waals surface area contributed by atoms with Crippen molar-refractivity contribution < 1.29 is 4.39 Å². The fraction of sp³-hybridized carbons (Fsp3) is 0.538. The van der Waals surface area contributed by atoms with E-state index in [9.17, 15) is 4.39 Å². The Bertz CT molecular complexity index is 370. The van der Waals surface area contributed by atoms with Gasteiger partial charge in [0.1, 0.15) is 5.82 Å². The van der Waals surface area contributed by atoms with Gasteiger partial charge < -0.3 is 0 Å². The normalized spacial score (nSPS) is 18.9. The van der Waals surface area contributed by atoms with Crippen LogP contribution >= 0.6 is 31.9 Å². The summed E-state index contributed by atoms with van der Waals surface area (Å²) < 4.78 is 14.7. The predicted molar refractivity (Wildman–Crippen MR) is 72.5 cm³/mol. The average Bonchev–Trinajstić information content (AvgIpc) is 2.73. The Balaban J connectivity index is 2.21. The molecule has 0 amide bonds. The van der Waals surface area contributed by atoms with Crippen LogP contribution in [0.3, 0.4) is 0 Å². The lowest BCUT2D eigenvalue weighted by Crippen LogP contribution is -2.22. The van der Waals surface area contributed by atoms with E-state index in [2.05, 4.69) is 31.9 Å². The molecule has 0 nitrogen and oxygen atoms in total. The van der Waals surface area contributed by atoms with Crippen LogP contribution < -0.4 is 0 Å². The molecule has 16 heavy (non-hydrogen) atoms. The molecule has 0 aromatic heterocycles. The quantitative estimate of drug-likeness (QED) is 0.667. The molecule has 0 atom stereocenters. The number of alkyl halides is 1. The monoisotopic (exact) mass is 348 g/mol. The van der Waals surface area contributed by atoms with Gasteiger partial charge in [-0.05, 0) is 48.4 Å². The van der Waals surface area contributed by atoms with Crippen molar-refractivity contribution in [3.05, 3.63) is 34.1 Å². The molecule has 0 saturated heterocycles. The van der Waals surface area contributed by atoms with Crippen LogP contribution in [0.15, 0.2) is 22.7 Å². The molecule has 0 aliphatic heterocycles. The first kappa shape index (κ1) is 12.6. The van der Waals surface area contributed by atoms with Gasteiger partial charge in [-0.25, -0.2) is 4.39 Å². The van der Waals surface area contributed by atoms with Crippen molar-refractivity contribution in [1.29, 1.82) is 0 Å². The van der Waals surface area contributed by atoms with Crippen LogP contribution in [0.25, 0.3) is 0 Å². The van der Waals surface area contributed by atoms with Crippen LogP contribution in [0.4, 0.5) is 4.39 Å². The molecule has 3 heteroatoms. The molecular formula is C13H15Br2F. The fourth-order valence-corrected chi connectivity index (χ4v) is 3.73. The zero-order valence-electron chi connectivity index (χ0n) is 9.11. The van der Waals surface area contributed by atoms with E-state index in [1.54, 1.807) is 12.1 Å². The summed E-state index contributed by atoms with van der Waals surface area (Å²) in [4.78, 5) is 0. The molecule has 1 aliphatic rings. The lowest BCUT2D eigenvalue weighted by atomic mass is 9.82. The van der Waals surface area contributed by atoms with Crippen molar-refractivity contribution in [3.63, 3.8) is 0 Å². The van der Waals surface area contributed by atoms with Gasteiger partial charge in [0, 0.05) is 9.80 Å². The first-order valence-corrected chi connectivity index (χ1v) is 7.57. The second kappa shape index (κ2) is 5.18. The van der Waals surface area contributed by atoms with Crippen LogP contribution in [-0.2, 0) is 6.42 Å². The Morgan fingerprint density at radius 1 is 1.25 bits per heavy atom. The van der Waals surface area contributed by atoms with Crippen molar-refractivity contribution in [3.8, 4) is 0 Å². The third kappa shape index (κ3) is 2.67. The zero-order valence-corrected chi connectivity index (χ0v) is 12.3. The summed E-state index contributed by atoms with van der Waals surface area (Å²) in [7, 11) is 0. The van der Waals surface area contributed by atoms with Gasteiger partial charge in [-0.1, -0.05) is 44.7 Å². The van der Waals surface area contributed by atoms with Gasteiger partial charge in [-0.3, -0.25) is 0 Å². The van der Waals surface area contributed by atoms with Crippen molar-refractivity contribution in [2.75, 3.05) is 5.33 Å². The fourth-order valence-electron chi connectivity index (χ4n) is 2.57. The summed E-state index contributed by atoms with van der Waals surface area (Å²) >= 11 is 7.01. The summed E-state index contributed by atoms with van der Waals surface area (Å²) in [6.07, 6.45) is 5.83. The first-order valence-electron chi connectivity index (χ1n) is 5.65. The number of hydrogen-bond acceptors (Lipinski definition) is 0. The zero-order chi connectivity index (χ0) is 11.6. The van der Waals surface area contributed by atoms with Gasteiger partial charge in [-0.2, -0.15) is 0 Å². The molecule has 0 heterocycles. The Labute approximate surface area is 113 Å². The molecule has 1 saturated carbocycles. The lowest BCUT2D eigenvalue weighted by molar-refractivity contribution is 0.341. The molecule has 1 aromatic rings. The molecule has 1 aromatic carbocycles. The standard InChI is InChI=1S/C13H15Br2F/c14-9-13(5-1-2-6-13)8-10-7-11(15)3-4-12(10)16/h3-4,7H,1-2,5-6,8-9H2. The Morgan fingerprint density at radius 3 is 2.56 bits per heavy atom. The van der Waals surface area contributed by atoms with E-state index in [-0.39, 0.29) is 11.2 Å². The molecule has 88 valence electrons. The van der Waals surface area contributed by atoms with Gasteiger partial charge in [-0.15, -0.1) is 0 Å². The van der Waals surface area contributed by atoms with Gasteiger partial charge in [0.15, 0.2) is 0 Å². The molecule has 0 radical (unpaired) electrons. The second-order valence-electron chi connectivity index (χ2n) is 4.75. The van der Waals surface area contributed by atoms with E-state index in [0.717, 1.165) is 21.8 Å². The maximum atomic E-state index is 13.7. The highest BCUT2D eigenvalue weighted by Gasteiger charge is 2.33. The molecule has 1 fully saturated rings. The molecule has 0 spiro atoms. The predicted octanol–water partition coefficient (Wildman–Crippen LogP) is 5.09. The van der Waals surface area contributed by atoms with E-state index >= 15 is 0 Å². The molecular weight excluding hydrogens is 335 g/mol. The molecule has 0 unspecified atom stereocenters. The van der Waals surface area contributed by atoms with Gasteiger partial charge in [0.2, 0.25) is 0 Å². The van der Waals surface area contributed by atoms with Gasteiger partial charge in [0.05, 0.1) is 0 Å². The summed E-state index contributed by atoms with van der Waals surface area (Å²) in [6, 6.07) is 5.22. The molecule has 2 rings (SSSR count). The Kier molecular flexibility index (Phi) is 4.06. The topological polar surface area (TPSA) is 0 Å². The minimum absolute atomic E-state index is 0.0737. The van der Waals surface area contributed by atoms with E-state index < -0.39 is 0 Å². The maximum absolute atomic E-state index is 13.7. The summed E-state index contributed by atoms with van der Waals surface area (Å²) in [5, 5.41) is 0.978. The first-order chi connectivity index (χ1) is 7.65. The van der Waals surface area contributed by atoms with E-state index in [1.807, 2.05) is 6.07 Å². The minimum Gasteiger partial charge on any atom is -0.207 e. The van der Waals surface area contributed by atoms with Crippen molar-refractivity contribution in [1.82, 2.24) is 0 Å². The molecule has 0 N–H and O–H groups in total. The van der Waals surface area contributed by atoms with Crippen LogP contribution in [-0.4, -0.2) is 5.33 Å². The third-order valence-electron chi connectivity index (χ3n) is 3.52. The minimum atomic E-state index is -0.0737. The largest absolute Gasteiger partial charge is 0.207 e. The van der Waals surface area contributed by atoms with E-state index in [1.165, 1.54) is 25.7 Å². The van der Waals surface area contributed by atoms with Crippen molar-refractivity contribution in [2.45, 2.75) is 32.1 Å². The number of benzene rings is 1. The lowest BCUT2D eigenvalue weighted by Gasteiger charge is -2.26. The van der Waals surface area contributed by atoms with Crippen LogP contribution in [0.2, 0.25) is 0 Å². The summed E-state index contributed by atoms with van der Waals surface area (Å²) in [5.41, 5.74) is 1.12. The van der Waals surface area contributed by atoms with Crippen LogP contribution in [0.1, 0.15) is 31.2 Å². The highest BCUT2D eigenvalue weighted by molar-refractivity contribution is 9.10. The Morgan fingerprint density at radius 2 is 1.94 bits per heavy atom. The molecule has 0 bridgehead atoms. The molecule has 1 aliphatic carbocycles. The summed E-state index contributed by atoms with van der Waals surface area (Å²) in [5.74, 6) is -0.0737. The van der Waals surface area contributed by atoms with Crippen LogP contribution in [0.5, 0.6) is 0 Å². The second-order valence-corrected chi connectivity index (χ2v) is 6.23. The van der Waals surface area contributed by atoms with Crippen molar-refractivity contribution >= 4 is 31.9 Å². The average molecular weight is 350 g/mol. The SMILES string of the molecule is Fc1ccc(Br)cc1CC1(CBr)CCCC1. The Hall–Kier alpha value is 0.110. The summed E-state index contributed by atoms with van der Waals surface area (Å²) in [6.45, 7) is 0. The number of hydrogen-bond donors (Lipinski definition) is 0. The van der Waals surface area contributed by atoms with Gasteiger partial charge >= 0.3 is 0 Å². The highest BCUT2D eigenvalue weighted by Crippen LogP contribution is 2.42.